The fourth-order valence-electron chi connectivity index (χ4n) is 1.19. The van der Waals surface area contributed by atoms with Gasteiger partial charge in [-0.1, -0.05) is 0 Å². The highest BCUT2D eigenvalue weighted by Gasteiger charge is 2.30. The van der Waals surface area contributed by atoms with Crippen LogP contribution >= 0.6 is 0 Å². The molecule has 0 fully saturated rings. The molecule has 1 aromatic rings. The summed E-state index contributed by atoms with van der Waals surface area (Å²) in [6.07, 6.45) is -3.77. The number of hydrogen-bond donors (Lipinski definition) is 1. The first kappa shape index (κ1) is 13.3. The standard InChI is InChI=1S/C10H11F3N2O2/c1-2-17-9(16)6-15-5-7(10(11,12)13)3-4-8(15)14/h3-5,14H,2,6H2,1H3. The predicted octanol–water partition coefficient (Wildman–Crippen LogP) is 1.55. The summed E-state index contributed by atoms with van der Waals surface area (Å²) >= 11 is 0. The third-order valence-corrected chi connectivity index (χ3v) is 1.96. The number of nitrogens with zero attached hydrogens (tertiary/aromatic N) is 1. The van der Waals surface area contributed by atoms with E-state index < -0.39 is 24.3 Å². The summed E-state index contributed by atoms with van der Waals surface area (Å²) in [6, 6.07) is 1.78. The topological polar surface area (TPSA) is 55.1 Å². The highest BCUT2D eigenvalue weighted by atomic mass is 19.4. The molecule has 1 heterocycles. The second kappa shape index (κ2) is 5.03. The monoisotopic (exact) mass is 248 g/mol. The van der Waals surface area contributed by atoms with E-state index in [0.29, 0.717) is 0 Å². The summed E-state index contributed by atoms with van der Waals surface area (Å²) in [5, 5.41) is 7.39. The van der Waals surface area contributed by atoms with E-state index in [9.17, 15) is 18.0 Å². The van der Waals surface area contributed by atoms with Crippen molar-refractivity contribution in [2.24, 2.45) is 0 Å². The van der Waals surface area contributed by atoms with Crippen LogP contribution in [0, 0.1) is 5.41 Å². The summed E-state index contributed by atoms with van der Waals surface area (Å²) in [7, 11) is 0. The average Bonchev–Trinajstić information content (AvgIpc) is 2.20. The van der Waals surface area contributed by atoms with Crippen LogP contribution in [-0.4, -0.2) is 17.1 Å². The third-order valence-electron chi connectivity index (χ3n) is 1.96. The minimum absolute atomic E-state index is 0.145. The van der Waals surface area contributed by atoms with Crippen LogP contribution in [0.1, 0.15) is 12.5 Å². The molecular weight excluding hydrogens is 237 g/mol. The number of carbonyl (C=O) groups is 1. The fourth-order valence-corrected chi connectivity index (χ4v) is 1.19. The summed E-state index contributed by atoms with van der Waals surface area (Å²) in [6.45, 7) is 1.33. The van der Waals surface area contributed by atoms with Crippen LogP contribution in [0.5, 0.6) is 0 Å². The van der Waals surface area contributed by atoms with E-state index in [1.807, 2.05) is 0 Å². The summed E-state index contributed by atoms with van der Waals surface area (Å²) < 4.78 is 42.7. The summed E-state index contributed by atoms with van der Waals surface area (Å²) in [4.78, 5) is 11.1. The molecule has 0 saturated carbocycles. The fraction of sp³-hybridized carbons (Fsp3) is 0.400. The van der Waals surface area contributed by atoms with Crippen molar-refractivity contribution >= 4 is 5.97 Å². The van der Waals surface area contributed by atoms with E-state index in [2.05, 4.69) is 4.74 Å². The van der Waals surface area contributed by atoms with Crippen molar-refractivity contribution in [3.63, 3.8) is 0 Å². The molecule has 0 spiro atoms. The Hall–Kier alpha value is -1.79. The molecule has 94 valence electrons. The Bertz CT molecular complexity index is 465. The normalized spacial score (nSPS) is 11.3. The molecule has 4 nitrogen and oxygen atoms in total. The molecule has 0 aliphatic carbocycles. The van der Waals surface area contributed by atoms with Gasteiger partial charge in [-0.3, -0.25) is 10.2 Å². The molecule has 0 amide bonds. The molecule has 1 N–H and O–H groups in total. The van der Waals surface area contributed by atoms with E-state index in [-0.39, 0.29) is 12.1 Å². The zero-order valence-corrected chi connectivity index (χ0v) is 9.04. The van der Waals surface area contributed by atoms with Crippen molar-refractivity contribution in [3.8, 4) is 0 Å². The lowest BCUT2D eigenvalue weighted by molar-refractivity contribution is -0.144. The second-order valence-corrected chi connectivity index (χ2v) is 3.23. The van der Waals surface area contributed by atoms with E-state index in [1.54, 1.807) is 6.92 Å². The maximum Gasteiger partial charge on any atom is 0.417 e. The first-order valence-electron chi connectivity index (χ1n) is 4.82. The number of esters is 1. The van der Waals surface area contributed by atoms with Gasteiger partial charge in [-0.15, -0.1) is 0 Å². The molecule has 1 rings (SSSR count). The van der Waals surface area contributed by atoms with Crippen LogP contribution in [0.3, 0.4) is 0 Å². The van der Waals surface area contributed by atoms with Gasteiger partial charge in [0.1, 0.15) is 12.0 Å². The lowest BCUT2D eigenvalue weighted by Crippen LogP contribution is -2.26. The van der Waals surface area contributed by atoms with Gasteiger partial charge < -0.3 is 9.30 Å². The van der Waals surface area contributed by atoms with Gasteiger partial charge >= 0.3 is 12.1 Å². The molecular formula is C10H11F3N2O2. The molecule has 0 radical (unpaired) electrons. The van der Waals surface area contributed by atoms with Crippen LogP contribution < -0.4 is 5.49 Å². The Morgan fingerprint density at radius 2 is 2.12 bits per heavy atom. The molecule has 0 aliphatic heterocycles. The first-order chi connectivity index (χ1) is 7.84. The molecule has 0 bridgehead atoms. The smallest absolute Gasteiger partial charge is 0.417 e. The van der Waals surface area contributed by atoms with Crippen molar-refractivity contribution in [2.75, 3.05) is 6.61 Å². The zero-order chi connectivity index (χ0) is 13.1. The molecule has 0 unspecified atom stereocenters. The van der Waals surface area contributed by atoms with E-state index in [0.717, 1.165) is 22.9 Å². The van der Waals surface area contributed by atoms with Gasteiger partial charge in [-0.05, 0) is 19.1 Å². The Kier molecular flexibility index (Phi) is 3.93. The van der Waals surface area contributed by atoms with Crippen LogP contribution in [0.15, 0.2) is 18.3 Å². The number of ether oxygens (including phenoxy) is 1. The molecule has 0 aliphatic rings. The van der Waals surface area contributed by atoms with E-state index in [1.165, 1.54) is 0 Å². The predicted molar refractivity (Wildman–Crippen MR) is 51.9 cm³/mol. The largest absolute Gasteiger partial charge is 0.465 e. The first-order valence-corrected chi connectivity index (χ1v) is 4.82. The van der Waals surface area contributed by atoms with Crippen molar-refractivity contribution in [1.29, 1.82) is 5.41 Å². The summed E-state index contributed by atoms with van der Waals surface area (Å²) in [5.41, 5.74) is -1.09. The van der Waals surface area contributed by atoms with Gasteiger partial charge in [0.25, 0.3) is 0 Å². The molecule has 0 atom stereocenters. The number of alkyl halides is 3. The number of carbonyl (C=O) groups excluding carboxylic acids is 1. The van der Waals surface area contributed by atoms with Crippen molar-refractivity contribution < 1.29 is 22.7 Å². The third kappa shape index (κ3) is 3.61. The average molecular weight is 248 g/mol. The van der Waals surface area contributed by atoms with E-state index in [4.69, 9.17) is 5.41 Å². The van der Waals surface area contributed by atoms with Crippen LogP contribution in [0.2, 0.25) is 0 Å². The number of aromatic nitrogens is 1. The molecule has 0 aromatic carbocycles. The van der Waals surface area contributed by atoms with Crippen LogP contribution in [0.25, 0.3) is 0 Å². The Labute approximate surface area is 95.1 Å². The minimum Gasteiger partial charge on any atom is -0.465 e. The second-order valence-electron chi connectivity index (χ2n) is 3.23. The molecule has 17 heavy (non-hydrogen) atoms. The molecule has 7 heteroatoms. The van der Waals surface area contributed by atoms with Gasteiger partial charge in [0.2, 0.25) is 0 Å². The lowest BCUT2D eigenvalue weighted by atomic mass is 10.3. The highest BCUT2D eigenvalue weighted by Crippen LogP contribution is 2.27. The summed E-state index contributed by atoms with van der Waals surface area (Å²) in [5.74, 6) is -0.676. The number of hydrogen-bond acceptors (Lipinski definition) is 3. The van der Waals surface area contributed by atoms with Crippen molar-refractivity contribution in [1.82, 2.24) is 4.57 Å². The van der Waals surface area contributed by atoms with Crippen molar-refractivity contribution in [3.05, 3.63) is 29.4 Å². The Balaban J connectivity index is 2.99. The zero-order valence-electron chi connectivity index (χ0n) is 9.04. The van der Waals surface area contributed by atoms with Crippen molar-refractivity contribution in [2.45, 2.75) is 19.6 Å². The number of nitrogens with one attached hydrogen (secondary N) is 1. The van der Waals surface area contributed by atoms with Gasteiger partial charge in [0.15, 0.2) is 0 Å². The number of rotatable bonds is 3. The van der Waals surface area contributed by atoms with E-state index >= 15 is 0 Å². The Morgan fingerprint density at radius 3 is 2.65 bits per heavy atom. The van der Waals surface area contributed by atoms with Gasteiger partial charge in [0, 0.05) is 6.20 Å². The van der Waals surface area contributed by atoms with Crippen LogP contribution in [0.4, 0.5) is 13.2 Å². The van der Waals surface area contributed by atoms with Gasteiger partial charge in [-0.25, -0.2) is 0 Å². The quantitative estimate of drug-likeness (QED) is 0.825. The lowest BCUT2D eigenvalue weighted by Gasteiger charge is -2.11. The van der Waals surface area contributed by atoms with Gasteiger partial charge in [0.05, 0.1) is 12.2 Å². The maximum atomic E-state index is 12.4. The molecule has 0 saturated heterocycles. The molecule has 1 aromatic heterocycles. The highest BCUT2D eigenvalue weighted by molar-refractivity contribution is 5.69. The SMILES string of the molecule is CCOC(=O)Cn1cc(C(F)(F)F)ccc1=N. The number of halogens is 3. The Morgan fingerprint density at radius 1 is 1.47 bits per heavy atom. The van der Waals surface area contributed by atoms with Crippen LogP contribution in [-0.2, 0) is 22.3 Å². The number of pyridine rings is 1. The minimum atomic E-state index is -4.50. The maximum absolute atomic E-state index is 12.4. The van der Waals surface area contributed by atoms with Gasteiger partial charge in [-0.2, -0.15) is 13.2 Å².